The third-order valence-corrected chi connectivity index (χ3v) is 4.95. The first-order valence-electron chi connectivity index (χ1n) is 8.88. The molecule has 1 aliphatic rings. The van der Waals surface area contributed by atoms with Gasteiger partial charge >= 0.3 is 0 Å². The van der Waals surface area contributed by atoms with Crippen molar-refractivity contribution in [3.05, 3.63) is 77.5 Å². The Kier molecular flexibility index (Phi) is 4.88. The van der Waals surface area contributed by atoms with Crippen molar-refractivity contribution >= 4 is 11.9 Å². The SMILES string of the molecule is CN1C(=O)C(c2cncc(C(F)F)c2)(c2cc(-c3cnccn3)c(F)cc2F)N=C1N. The number of nitrogens with zero attached hydrogens (tertiary/aromatic N) is 5. The molecule has 11 heteroatoms. The van der Waals surface area contributed by atoms with E-state index >= 15 is 4.39 Å². The number of hydrogen-bond donors (Lipinski definition) is 1. The van der Waals surface area contributed by atoms with Gasteiger partial charge in [0.2, 0.25) is 0 Å². The number of alkyl halides is 2. The number of halogens is 4. The predicted molar refractivity (Wildman–Crippen MR) is 102 cm³/mol. The number of carbonyl (C=O) groups excluding carboxylic acids is 1. The number of aromatic nitrogens is 3. The number of hydrogen-bond acceptors (Lipinski definition) is 6. The maximum Gasteiger partial charge on any atom is 0.266 e. The summed E-state index contributed by atoms with van der Waals surface area (Å²) in [6.07, 6.45) is 3.08. The third-order valence-electron chi connectivity index (χ3n) is 4.95. The monoisotopic (exact) mass is 430 g/mol. The maximum atomic E-state index is 15.1. The van der Waals surface area contributed by atoms with Gasteiger partial charge in [0.25, 0.3) is 12.3 Å². The summed E-state index contributed by atoms with van der Waals surface area (Å²) in [5, 5.41) is 0. The van der Waals surface area contributed by atoms with Gasteiger partial charge in [0, 0.05) is 60.2 Å². The van der Waals surface area contributed by atoms with Crippen LogP contribution in [-0.4, -0.2) is 38.8 Å². The van der Waals surface area contributed by atoms with Gasteiger partial charge in [0.15, 0.2) is 11.5 Å². The summed E-state index contributed by atoms with van der Waals surface area (Å²) in [6.45, 7) is 0. The van der Waals surface area contributed by atoms with Crippen LogP contribution in [-0.2, 0) is 10.3 Å². The van der Waals surface area contributed by atoms with Crippen molar-refractivity contribution in [1.82, 2.24) is 19.9 Å². The van der Waals surface area contributed by atoms with Gasteiger partial charge in [-0.1, -0.05) is 0 Å². The number of guanidine groups is 1. The highest BCUT2D eigenvalue weighted by molar-refractivity contribution is 6.09. The van der Waals surface area contributed by atoms with Gasteiger partial charge in [-0.3, -0.25) is 24.6 Å². The lowest BCUT2D eigenvalue weighted by Crippen LogP contribution is -2.41. The molecule has 1 aromatic carbocycles. The molecular weight excluding hydrogens is 416 g/mol. The van der Waals surface area contributed by atoms with Crippen LogP contribution < -0.4 is 5.73 Å². The summed E-state index contributed by atoms with van der Waals surface area (Å²) in [4.78, 5) is 29.9. The first-order valence-corrected chi connectivity index (χ1v) is 8.88. The number of nitrogens with two attached hydrogens (primary N) is 1. The topological polar surface area (TPSA) is 97.4 Å². The third kappa shape index (κ3) is 3.18. The molecular formula is C20H14F4N6O. The van der Waals surface area contributed by atoms with Gasteiger partial charge in [-0.25, -0.2) is 22.6 Å². The van der Waals surface area contributed by atoms with Crippen molar-refractivity contribution in [2.45, 2.75) is 12.0 Å². The summed E-state index contributed by atoms with van der Waals surface area (Å²) in [6, 6.07) is 2.62. The fraction of sp³-hybridized carbons (Fsp3) is 0.150. The lowest BCUT2D eigenvalue weighted by atomic mass is 9.81. The van der Waals surface area contributed by atoms with Crippen molar-refractivity contribution < 1.29 is 22.4 Å². The zero-order valence-electron chi connectivity index (χ0n) is 15.9. The molecule has 158 valence electrons. The molecule has 31 heavy (non-hydrogen) atoms. The van der Waals surface area contributed by atoms with Gasteiger partial charge in [-0.2, -0.15) is 0 Å². The highest BCUT2D eigenvalue weighted by Gasteiger charge is 2.51. The average Bonchev–Trinajstić information content (AvgIpc) is 2.99. The zero-order chi connectivity index (χ0) is 22.3. The van der Waals surface area contributed by atoms with Crippen LogP contribution in [0.15, 0.2) is 54.2 Å². The molecule has 0 fully saturated rings. The second-order valence-corrected chi connectivity index (χ2v) is 6.75. The fourth-order valence-corrected chi connectivity index (χ4v) is 3.40. The lowest BCUT2D eigenvalue weighted by Gasteiger charge is -2.27. The number of rotatable bonds is 4. The van der Waals surface area contributed by atoms with E-state index in [1.54, 1.807) is 0 Å². The van der Waals surface area contributed by atoms with Gasteiger partial charge in [-0.05, 0) is 12.1 Å². The molecule has 0 saturated carbocycles. The molecule has 1 amide bonds. The van der Waals surface area contributed by atoms with Crippen LogP contribution >= 0.6 is 0 Å². The Morgan fingerprint density at radius 1 is 1.03 bits per heavy atom. The maximum absolute atomic E-state index is 15.1. The highest BCUT2D eigenvalue weighted by Crippen LogP contribution is 2.42. The van der Waals surface area contributed by atoms with E-state index < -0.39 is 35.1 Å². The summed E-state index contributed by atoms with van der Waals surface area (Å²) >= 11 is 0. The van der Waals surface area contributed by atoms with E-state index in [2.05, 4.69) is 19.9 Å². The molecule has 0 spiro atoms. The number of likely N-dealkylation sites (N-methyl/N-ethyl adjacent to an activating group) is 1. The molecule has 1 aliphatic heterocycles. The van der Waals surface area contributed by atoms with E-state index in [-0.39, 0.29) is 28.3 Å². The van der Waals surface area contributed by atoms with E-state index in [4.69, 9.17) is 5.73 Å². The Hall–Kier alpha value is -3.89. The Morgan fingerprint density at radius 2 is 1.81 bits per heavy atom. The summed E-state index contributed by atoms with van der Waals surface area (Å²) < 4.78 is 56.3. The van der Waals surface area contributed by atoms with Gasteiger partial charge in [-0.15, -0.1) is 0 Å². The van der Waals surface area contributed by atoms with Crippen LogP contribution in [0.1, 0.15) is 23.1 Å². The van der Waals surface area contributed by atoms with E-state index in [0.29, 0.717) is 6.07 Å². The Labute approximate surface area is 173 Å². The molecule has 3 aromatic rings. The van der Waals surface area contributed by atoms with Crippen molar-refractivity contribution in [1.29, 1.82) is 0 Å². The quantitative estimate of drug-likeness (QED) is 0.642. The lowest BCUT2D eigenvalue weighted by molar-refractivity contribution is -0.129. The Bertz CT molecular complexity index is 1200. The van der Waals surface area contributed by atoms with Crippen molar-refractivity contribution in [3.63, 3.8) is 0 Å². The van der Waals surface area contributed by atoms with Gasteiger partial charge in [0.1, 0.15) is 11.6 Å². The standard InChI is InChI=1S/C20H14F4N6O/c1-30-18(31)20(29-19(30)25,11-4-10(17(23)24)7-27-8-11)13-5-12(14(21)6-15(13)22)16-9-26-2-3-28-16/h2-9,17H,1H3,(H2,25,29). The molecule has 0 radical (unpaired) electrons. The molecule has 0 saturated heterocycles. The molecule has 4 rings (SSSR count). The average molecular weight is 430 g/mol. The summed E-state index contributed by atoms with van der Waals surface area (Å²) in [5.74, 6) is -3.15. The minimum atomic E-state index is -2.90. The van der Waals surface area contributed by atoms with Crippen molar-refractivity contribution in [3.8, 4) is 11.3 Å². The summed E-state index contributed by atoms with van der Waals surface area (Å²) in [5.41, 5.74) is 2.53. The minimum absolute atomic E-state index is 0.0756. The van der Waals surface area contributed by atoms with Gasteiger partial charge in [0.05, 0.1) is 11.9 Å². The molecule has 7 nitrogen and oxygen atoms in total. The number of pyridine rings is 1. The van der Waals surface area contributed by atoms with Crippen LogP contribution in [0.25, 0.3) is 11.3 Å². The zero-order valence-corrected chi connectivity index (χ0v) is 15.9. The fourth-order valence-electron chi connectivity index (χ4n) is 3.40. The molecule has 2 aromatic heterocycles. The second kappa shape index (κ2) is 7.42. The Balaban J connectivity index is 2.03. The number of benzene rings is 1. The van der Waals surface area contributed by atoms with Crippen molar-refractivity contribution in [2.75, 3.05) is 7.05 Å². The first-order chi connectivity index (χ1) is 14.8. The van der Waals surface area contributed by atoms with E-state index in [1.807, 2.05) is 0 Å². The predicted octanol–water partition coefficient (Wildman–Crippen LogP) is 2.78. The van der Waals surface area contributed by atoms with E-state index in [0.717, 1.165) is 29.4 Å². The van der Waals surface area contributed by atoms with E-state index in [1.165, 1.54) is 25.6 Å². The molecule has 0 aliphatic carbocycles. The molecule has 1 atom stereocenters. The van der Waals surface area contributed by atoms with Crippen LogP contribution in [0, 0.1) is 11.6 Å². The molecule has 0 bridgehead atoms. The number of carbonyl (C=O) groups is 1. The smallest absolute Gasteiger partial charge is 0.266 e. The number of amides is 1. The van der Waals surface area contributed by atoms with Crippen LogP contribution in [0.3, 0.4) is 0 Å². The molecule has 3 heterocycles. The number of aliphatic imine (C=N–C) groups is 1. The molecule has 2 N–H and O–H groups in total. The van der Waals surface area contributed by atoms with Crippen LogP contribution in [0.2, 0.25) is 0 Å². The minimum Gasteiger partial charge on any atom is -0.369 e. The Morgan fingerprint density at radius 3 is 2.42 bits per heavy atom. The van der Waals surface area contributed by atoms with Gasteiger partial charge < -0.3 is 5.73 Å². The second-order valence-electron chi connectivity index (χ2n) is 6.75. The van der Waals surface area contributed by atoms with E-state index in [9.17, 15) is 18.0 Å². The van der Waals surface area contributed by atoms with Crippen LogP contribution in [0.4, 0.5) is 17.6 Å². The first kappa shape index (κ1) is 20.4. The highest BCUT2D eigenvalue weighted by atomic mass is 19.3. The normalized spacial score (nSPS) is 18.6. The van der Waals surface area contributed by atoms with Crippen LogP contribution in [0.5, 0.6) is 0 Å². The summed E-state index contributed by atoms with van der Waals surface area (Å²) in [7, 11) is 1.30. The molecule has 1 unspecified atom stereocenters. The van der Waals surface area contributed by atoms with Crippen molar-refractivity contribution in [2.24, 2.45) is 10.7 Å². The largest absolute Gasteiger partial charge is 0.369 e.